The van der Waals surface area contributed by atoms with Crippen molar-refractivity contribution < 1.29 is 22.7 Å². The molecule has 9 heteroatoms. The van der Waals surface area contributed by atoms with Crippen molar-refractivity contribution in [3.63, 3.8) is 0 Å². The van der Waals surface area contributed by atoms with Gasteiger partial charge in [0.1, 0.15) is 5.75 Å². The van der Waals surface area contributed by atoms with Gasteiger partial charge >= 0.3 is 0 Å². The van der Waals surface area contributed by atoms with E-state index in [0.717, 1.165) is 12.8 Å². The van der Waals surface area contributed by atoms with Crippen LogP contribution < -0.4 is 4.74 Å². The summed E-state index contributed by atoms with van der Waals surface area (Å²) in [6.07, 6.45) is 3.41. The fourth-order valence-corrected chi connectivity index (χ4v) is 6.07. The first-order valence-electron chi connectivity index (χ1n) is 12.6. The Labute approximate surface area is 219 Å². The van der Waals surface area contributed by atoms with E-state index in [9.17, 15) is 13.2 Å². The summed E-state index contributed by atoms with van der Waals surface area (Å²) in [5.41, 5.74) is 1.89. The quantitative estimate of drug-likeness (QED) is 0.370. The van der Waals surface area contributed by atoms with Crippen molar-refractivity contribution in [1.29, 1.82) is 0 Å². The average molecular weight is 526 g/mol. The van der Waals surface area contributed by atoms with Crippen LogP contribution in [0.2, 0.25) is 0 Å². The number of hydrogen-bond donors (Lipinski definition) is 0. The van der Waals surface area contributed by atoms with E-state index in [1.165, 1.54) is 0 Å². The second kappa shape index (κ2) is 11.9. The van der Waals surface area contributed by atoms with Gasteiger partial charge in [0.2, 0.25) is 15.0 Å². The maximum absolute atomic E-state index is 13.5. The van der Waals surface area contributed by atoms with Gasteiger partial charge in [-0.1, -0.05) is 44.2 Å². The molecule has 1 atom stereocenters. The van der Waals surface area contributed by atoms with Crippen molar-refractivity contribution in [2.45, 2.75) is 56.8 Å². The van der Waals surface area contributed by atoms with Crippen LogP contribution in [0.4, 0.5) is 0 Å². The van der Waals surface area contributed by atoms with Crippen molar-refractivity contribution in [3.8, 4) is 5.75 Å². The molecule has 8 nitrogen and oxygen atoms in total. The number of sulfone groups is 1. The zero-order chi connectivity index (χ0) is 26.4. The Morgan fingerprint density at radius 2 is 1.97 bits per heavy atom. The molecule has 0 spiro atoms. The lowest BCUT2D eigenvalue weighted by atomic mass is 10.1. The zero-order valence-corrected chi connectivity index (χ0v) is 22.5. The van der Waals surface area contributed by atoms with Crippen LogP contribution in [0.5, 0.6) is 5.75 Å². The SMILES string of the molecule is COc1cccc(CS(=O)(=O)c2ncc(CN(CC3CCCO3)C(=O)c3ccccc3)n2CC(C)C)c1. The van der Waals surface area contributed by atoms with Crippen LogP contribution in [-0.2, 0) is 33.4 Å². The molecule has 0 N–H and O–H groups in total. The topological polar surface area (TPSA) is 90.7 Å². The number of carbonyl (C=O) groups is 1. The fraction of sp³-hybridized carbons (Fsp3) is 0.429. The lowest BCUT2D eigenvalue weighted by Gasteiger charge is -2.26. The fourth-order valence-electron chi connectivity index (χ4n) is 4.59. The van der Waals surface area contributed by atoms with Gasteiger partial charge in [-0.2, -0.15) is 0 Å². The molecule has 1 unspecified atom stereocenters. The van der Waals surface area contributed by atoms with E-state index in [2.05, 4.69) is 4.98 Å². The minimum absolute atomic E-state index is 0.0169. The summed E-state index contributed by atoms with van der Waals surface area (Å²) in [6, 6.07) is 16.2. The number of hydrogen-bond acceptors (Lipinski definition) is 6. The summed E-state index contributed by atoms with van der Waals surface area (Å²) < 4.78 is 39.8. The lowest BCUT2D eigenvalue weighted by molar-refractivity contribution is 0.0501. The molecule has 3 aromatic rings. The molecule has 1 amide bonds. The lowest BCUT2D eigenvalue weighted by Crippen LogP contribution is -2.37. The van der Waals surface area contributed by atoms with E-state index in [-0.39, 0.29) is 35.4 Å². The van der Waals surface area contributed by atoms with Gasteiger partial charge in [-0.25, -0.2) is 13.4 Å². The van der Waals surface area contributed by atoms with Gasteiger partial charge < -0.3 is 18.9 Å². The highest BCUT2D eigenvalue weighted by Crippen LogP contribution is 2.23. The molecule has 37 heavy (non-hydrogen) atoms. The number of nitrogens with zero attached hydrogens (tertiary/aromatic N) is 3. The molecule has 4 rings (SSSR count). The molecule has 1 aromatic heterocycles. The smallest absolute Gasteiger partial charge is 0.254 e. The van der Waals surface area contributed by atoms with Crippen molar-refractivity contribution in [1.82, 2.24) is 14.5 Å². The van der Waals surface area contributed by atoms with Crippen molar-refractivity contribution in [2.24, 2.45) is 5.92 Å². The molecule has 1 fully saturated rings. The summed E-state index contributed by atoms with van der Waals surface area (Å²) >= 11 is 0. The predicted octanol–water partition coefficient (Wildman–Crippen LogP) is 4.34. The summed E-state index contributed by atoms with van der Waals surface area (Å²) in [6.45, 7) is 5.89. The predicted molar refractivity (Wildman–Crippen MR) is 141 cm³/mol. The Hall–Kier alpha value is -3.17. The summed E-state index contributed by atoms with van der Waals surface area (Å²) in [4.78, 5) is 19.6. The maximum Gasteiger partial charge on any atom is 0.254 e. The molecular formula is C28H35N3O5S. The Morgan fingerprint density at radius 3 is 2.65 bits per heavy atom. The molecule has 2 aromatic carbocycles. The third-order valence-corrected chi connectivity index (χ3v) is 7.92. The van der Waals surface area contributed by atoms with Crippen LogP contribution in [0.25, 0.3) is 0 Å². The number of ether oxygens (including phenoxy) is 2. The number of carbonyl (C=O) groups excluding carboxylic acids is 1. The first kappa shape index (κ1) is 26.9. The summed E-state index contributed by atoms with van der Waals surface area (Å²) in [5.74, 6) is 0.467. The van der Waals surface area contributed by atoms with E-state index < -0.39 is 9.84 Å². The molecule has 0 bridgehead atoms. The van der Waals surface area contributed by atoms with Crippen LogP contribution in [0.15, 0.2) is 66.0 Å². The van der Waals surface area contributed by atoms with Gasteiger partial charge in [0, 0.05) is 25.3 Å². The van der Waals surface area contributed by atoms with E-state index in [1.807, 2.05) is 32.0 Å². The largest absolute Gasteiger partial charge is 0.497 e. The zero-order valence-electron chi connectivity index (χ0n) is 21.7. The molecule has 2 heterocycles. The average Bonchev–Trinajstić information content (AvgIpc) is 3.54. The van der Waals surface area contributed by atoms with Crippen molar-refractivity contribution in [2.75, 3.05) is 20.3 Å². The molecule has 0 saturated carbocycles. The van der Waals surface area contributed by atoms with Gasteiger partial charge in [-0.15, -0.1) is 0 Å². The number of rotatable bonds is 11. The number of amides is 1. The van der Waals surface area contributed by atoms with Gasteiger partial charge in [0.15, 0.2) is 0 Å². The van der Waals surface area contributed by atoms with Crippen LogP contribution in [0, 0.1) is 5.92 Å². The van der Waals surface area contributed by atoms with E-state index in [4.69, 9.17) is 9.47 Å². The molecule has 1 aliphatic heterocycles. The monoisotopic (exact) mass is 525 g/mol. The molecule has 0 radical (unpaired) electrons. The highest BCUT2D eigenvalue weighted by molar-refractivity contribution is 7.90. The van der Waals surface area contributed by atoms with Gasteiger partial charge in [0.25, 0.3) is 5.91 Å². The molecular weight excluding hydrogens is 490 g/mol. The highest BCUT2D eigenvalue weighted by Gasteiger charge is 2.28. The first-order valence-corrected chi connectivity index (χ1v) is 14.3. The molecule has 0 aliphatic carbocycles. The Kier molecular flexibility index (Phi) is 8.66. The van der Waals surface area contributed by atoms with Crippen molar-refractivity contribution in [3.05, 3.63) is 77.6 Å². The normalized spacial score (nSPS) is 15.7. The van der Waals surface area contributed by atoms with Crippen molar-refractivity contribution >= 4 is 15.7 Å². The molecule has 198 valence electrons. The summed E-state index contributed by atoms with van der Waals surface area (Å²) in [5, 5.41) is 0.0169. The Morgan fingerprint density at radius 1 is 1.19 bits per heavy atom. The number of imidazole rings is 1. The van der Waals surface area contributed by atoms with Crippen LogP contribution in [0.1, 0.15) is 48.3 Å². The van der Waals surface area contributed by atoms with Crippen LogP contribution in [-0.4, -0.2) is 55.1 Å². The number of aromatic nitrogens is 2. The minimum Gasteiger partial charge on any atom is -0.497 e. The van der Waals surface area contributed by atoms with Gasteiger partial charge in [-0.3, -0.25) is 4.79 Å². The minimum atomic E-state index is -3.76. The van der Waals surface area contributed by atoms with E-state index in [1.54, 1.807) is 59.2 Å². The number of benzene rings is 2. The van der Waals surface area contributed by atoms with Gasteiger partial charge in [-0.05, 0) is 48.6 Å². The van der Waals surface area contributed by atoms with Crippen LogP contribution in [0.3, 0.4) is 0 Å². The molecule has 1 saturated heterocycles. The maximum atomic E-state index is 13.5. The highest BCUT2D eigenvalue weighted by atomic mass is 32.2. The third kappa shape index (κ3) is 6.78. The van der Waals surface area contributed by atoms with Crippen LogP contribution >= 0.6 is 0 Å². The Bertz CT molecular complexity index is 1300. The molecule has 1 aliphatic rings. The van der Waals surface area contributed by atoms with E-state index >= 15 is 0 Å². The second-order valence-electron chi connectivity index (χ2n) is 9.83. The Balaban J connectivity index is 1.65. The van der Waals surface area contributed by atoms with E-state index in [0.29, 0.717) is 42.3 Å². The second-order valence-corrected chi connectivity index (χ2v) is 11.7. The first-order chi connectivity index (χ1) is 17.8. The number of methoxy groups -OCH3 is 1. The standard InChI is InChI=1S/C28H35N3O5S/c1-21(2)17-31-24(16-29-28(31)37(33,34)20-22-9-7-12-25(15-22)35-3)18-30(19-26-13-8-14-36-26)27(32)23-10-5-4-6-11-23/h4-7,9-12,15-16,21,26H,8,13-14,17-20H2,1-3H3. The van der Waals surface area contributed by atoms with Gasteiger partial charge in [0.05, 0.1) is 37.4 Å². The summed E-state index contributed by atoms with van der Waals surface area (Å²) in [7, 11) is -2.21. The third-order valence-electron chi connectivity index (χ3n) is 6.33.